The Balaban J connectivity index is 1.99. The first kappa shape index (κ1) is 15.7. The molecule has 0 saturated heterocycles. The maximum atomic E-state index is 6.12. The van der Waals surface area contributed by atoms with E-state index in [4.69, 9.17) is 11.5 Å². The van der Waals surface area contributed by atoms with E-state index in [1.54, 1.807) is 6.07 Å². The molecule has 4 nitrogen and oxygen atoms in total. The minimum absolute atomic E-state index is 0.666. The van der Waals surface area contributed by atoms with Gasteiger partial charge in [-0.05, 0) is 60.9 Å². The first-order valence-electron chi connectivity index (χ1n) is 7.78. The van der Waals surface area contributed by atoms with Crippen molar-refractivity contribution in [1.82, 2.24) is 0 Å². The Morgan fingerprint density at radius 1 is 0.708 bits per heavy atom. The highest BCUT2D eigenvalue weighted by Gasteiger charge is 2.10. The van der Waals surface area contributed by atoms with Gasteiger partial charge in [-0.1, -0.05) is 30.3 Å². The van der Waals surface area contributed by atoms with Crippen molar-refractivity contribution >= 4 is 22.7 Å². The molecule has 0 aromatic heterocycles. The molecule has 0 bridgehead atoms. The molecule has 0 aliphatic heterocycles. The highest BCUT2D eigenvalue weighted by atomic mass is 15.1. The van der Waals surface area contributed by atoms with Crippen LogP contribution in [0.1, 0.15) is 11.1 Å². The topological polar surface area (TPSA) is 76.8 Å². The van der Waals surface area contributed by atoms with Gasteiger partial charge in [-0.2, -0.15) is 10.2 Å². The van der Waals surface area contributed by atoms with Gasteiger partial charge in [0.25, 0.3) is 0 Å². The zero-order valence-corrected chi connectivity index (χ0v) is 13.8. The van der Waals surface area contributed by atoms with Crippen LogP contribution in [0.3, 0.4) is 0 Å². The predicted octanol–water partition coefficient (Wildman–Crippen LogP) is 5.55. The number of nitrogens with two attached hydrogens (primary N) is 2. The molecule has 0 spiro atoms. The van der Waals surface area contributed by atoms with Crippen LogP contribution in [0, 0.1) is 13.8 Å². The monoisotopic (exact) mass is 316 g/mol. The number of nitrogens with zero attached hydrogens (tertiary/aromatic N) is 2. The van der Waals surface area contributed by atoms with Crippen LogP contribution in [0.4, 0.5) is 22.7 Å². The summed E-state index contributed by atoms with van der Waals surface area (Å²) in [6.45, 7) is 4.12. The Labute approximate surface area is 141 Å². The van der Waals surface area contributed by atoms with Gasteiger partial charge in [-0.15, -0.1) is 0 Å². The fraction of sp³-hybridized carbons (Fsp3) is 0.100. The average Bonchev–Trinajstić information content (AvgIpc) is 2.58. The number of hydrogen-bond donors (Lipinski definition) is 2. The SMILES string of the molecule is Cc1c(N=Nc2ccccc2)ccc(-c2ccc(N)cc2N)c1C. The van der Waals surface area contributed by atoms with Crippen molar-refractivity contribution in [3.63, 3.8) is 0 Å². The molecule has 120 valence electrons. The molecule has 0 amide bonds. The van der Waals surface area contributed by atoms with E-state index in [9.17, 15) is 0 Å². The molecule has 4 N–H and O–H groups in total. The van der Waals surface area contributed by atoms with E-state index in [2.05, 4.69) is 17.2 Å². The molecule has 3 aromatic carbocycles. The second-order valence-corrected chi connectivity index (χ2v) is 5.76. The summed E-state index contributed by atoms with van der Waals surface area (Å²) in [5.41, 5.74) is 19.2. The second kappa shape index (κ2) is 6.54. The Bertz CT molecular complexity index is 899. The average molecular weight is 316 g/mol. The van der Waals surface area contributed by atoms with Crippen LogP contribution in [0.2, 0.25) is 0 Å². The van der Waals surface area contributed by atoms with Crippen LogP contribution >= 0.6 is 0 Å². The normalized spacial score (nSPS) is 11.1. The zero-order valence-electron chi connectivity index (χ0n) is 13.8. The molecule has 3 aromatic rings. The minimum atomic E-state index is 0.666. The van der Waals surface area contributed by atoms with E-state index < -0.39 is 0 Å². The molecule has 0 fully saturated rings. The lowest BCUT2D eigenvalue weighted by molar-refractivity contribution is 1.19. The first-order valence-corrected chi connectivity index (χ1v) is 7.78. The fourth-order valence-electron chi connectivity index (χ4n) is 2.64. The highest BCUT2D eigenvalue weighted by Crippen LogP contribution is 2.35. The molecular formula is C20H20N4. The number of hydrogen-bond acceptors (Lipinski definition) is 4. The molecule has 0 aliphatic carbocycles. The third kappa shape index (κ3) is 3.13. The van der Waals surface area contributed by atoms with Gasteiger partial charge in [0.15, 0.2) is 0 Å². The molecule has 3 rings (SSSR count). The van der Waals surface area contributed by atoms with Gasteiger partial charge in [0.1, 0.15) is 0 Å². The van der Waals surface area contributed by atoms with Crippen LogP contribution in [0.15, 0.2) is 70.9 Å². The third-order valence-electron chi connectivity index (χ3n) is 4.15. The van der Waals surface area contributed by atoms with Crippen LogP contribution < -0.4 is 11.5 Å². The summed E-state index contributed by atoms with van der Waals surface area (Å²) in [5, 5.41) is 8.68. The summed E-state index contributed by atoms with van der Waals surface area (Å²) < 4.78 is 0. The summed E-state index contributed by atoms with van der Waals surface area (Å²) in [6, 6.07) is 19.3. The van der Waals surface area contributed by atoms with E-state index in [-0.39, 0.29) is 0 Å². The lowest BCUT2D eigenvalue weighted by Gasteiger charge is -2.13. The molecule has 4 heteroatoms. The third-order valence-corrected chi connectivity index (χ3v) is 4.15. The molecule has 0 saturated carbocycles. The smallest absolute Gasteiger partial charge is 0.0889 e. The Morgan fingerprint density at radius 2 is 1.42 bits per heavy atom. The van der Waals surface area contributed by atoms with Crippen molar-refractivity contribution < 1.29 is 0 Å². The number of anilines is 2. The summed E-state index contributed by atoms with van der Waals surface area (Å²) in [6.07, 6.45) is 0. The van der Waals surface area contributed by atoms with Crippen molar-refractivity contribution in [3.8, 4) is 11.1 Å². The molecule has 0 atom stereocenters. The Hall–Kier alpha value is -3.14. The number of rotatable bonds is 3. The molecule has 0 aliphatic rings. The molecular weight excluding hydrogens is 296 g/mol. The Morgan fingerprint density at radius 3 is 2.12 bits per heavy atom. The minimum Gasteiger partial charge on any atom is -0.399 e. The maximum Gasteiger partial charge on any atom is 0.0889 e. The van der Waals surface area contributed by atoms with Crippen LogP contribution in [-0.4, -0.2) is 0 Å². The van der Waals surface area contributed by atoms with Gasteiger partial charge in [-0.3, -0.25) is 0 Å². The molecule has 0 unspecified atom stereocenters. The van der Waals surface area contributed by atoms with Crippen LogP contribution in [-0.2, 0) is 0 Å². The Kier molecular flexibility index (Phi) is 4.29. The molecule has 0 heterocycles. The quantitative estimate of drug-likeness (QED) is 0.491. The van der Waals surface area contributed by atoms with Crippen molar-refractivity contribution in [2.24, 2.45) is 10.2 Å². The second-order valence-electron chi connectivity index (χ2n) is 5.76. The van der Waals surface area contributed by atoms with Crippen molar-refractivity contribution in [1.29, 1.82) is 0 Å². The molecule has 24 heavy (non-hydrogen) atoms. The lowest BCUT2D eigenvalue weighted by Crippen LogP contribution is -1.95. The van der Waals surface area contributed by atoms with E-state index in [1.807, 2.05) is 61.5 Å². The van der Waals surface area contributed by atoms with Crippen molar-refractivity contribution in [2.45, 2.75) is 13.8 Å². The summed E-state index contributed by atoms with van der Waals surface area (Å²) >= 11 is 0. The van der Waals surface area contributed by atoms with Crippen molar-refractivity contribution in [3.05, 3.63) is 71.8 Å². The van der Waals surface area contributed by atoms with E-state index in [1.165, 1.54) is 0 Å². The molecule has 0 radical (unpaired) electrons. The summed E-state index contributed by atoms with van der Waals surface area (Å²) in [4.78, 5) is 0. The predicted molar refractivity (Wildman–Crippen MR) is 101 cm³/mol. The van der Waals surface area contributed by atoms with Gasteiger partial charge >= 0.3 is 0 Å². The largest absolute Gasteiger partial charge is 0.399 e. The summed E-state index contributed by atoms with van der Waals surface area (Å²) in [5.74, 6) is 0. The van der Waals surface area contributed by atoms with Gasteiger partial charge in [-0.25, -0.2) is 0 Å². The first-order chi connectivity index (χ1) is 11.6. The van der Waals surface area contributed by atoms with Gasteiger partial charge < -0.3 is 11.5 Å². The number of nitrogen functional groups attached to an aromatic ring is 2. The number of azo groups is 1. The zero-order chi connectivity index (χ0) is 17.1. The van der Waals surface area contributed by atoms with Gasteiger partial charge in [0, 0.05) is 16.9 Å². The van der Waals surface area contributed by atoms with Crippen LogP contribution in [0.5, 0.6) is 0 Å². The fourth-order valence-corrected chi connectivity index (χ4v) is 2.64. The highest BCUT2D eigenvalue weighted by molar-refractivity contribution is 5.82. The van der Waals surface area contributed by atoms with Gasteiger partial charge in [0.05, 0.1) is 11.4 Å². The lowest BCUT2D eigenvalue weighted by atomic mass is 9.95. The number of benzene rings is 3. The van der Waals surface area contributed by atoms with Crippen molar-refractivity contribution in [2.75, 3.05) is 11.5 Å². The van der Waals surface area contributed by atoms with Gasteiger partial charge in [0.2, 0.25) is 0 Å². The maximum absolute atomic E-state index is 6.12. The summed E-state index contributed by atoms with van der Waals surface area (Å²) in [7, 11) is 0. The van der Waals surface area contributed by atoms with E-state index in [0.29, 0.717) is 11.4 Å². The van der Waals surface area contributed by atoms with Crippen LogP contribution in [0.25, 0.3) is 11.1 Å². The van der Waals surface area contributed by atoms with E-state index >= 15 is 0 Å². The van der Waals surface area contributed by atoms with E-state index in [0.717, 1.165) is 33.6 Å². The standard InChI is InChI=1S/C20H20N4/c1-13-14(2)20(24-23-16-6-4-3-5-7-16)11-10-17(13)18-9-8-15(21)12-19(18)22/h3-12H,21-22H2,1-2H3.